The van der Waals surface area contributed by atoms with Gasteiger partial charge in [-0.25, -0.2) is 4.79 Å². The average molecular weight is 248 g/mol. The number of methoxy groups -OCH3 is 1. The standard InChI is InChI=1S/C9H16N2O4S/c1-5-15-9(13)10-8(16-4)11(2)6-7(12)14-3/h5-6H2,1-4H3/b10-8-. The van der Waals surface area contributed by atoms with Crippen LogP contribution in [0, 0.1) is 0 Å². The topological polar surface area (TPSA) is 68.2 Å². The first-order valence-corrected chi connectivity index (χ1v) is 5.85. The number of thioether (sulfide) groups is 1. The van der Waals surface area contributed by atoms with Gasteiger partial charge >= 0.3 is 12.1 Å². The van der Waals surface area contributed by atoms with E-state index in [-0.39, 0.29) is 13.2 Å². The van der Waals surface area contributed by atoms with Crippen molar-refractivity contribution in [3.05, 3.63) is 0 Å². The van der Waals surface area contributed by atoms with E-state index in [0.717, 1.165) is 0 Å². The van der Waals surface area contributed by atoms with E-state index in [1.165, 1.54) is 23.8 Å². The van der Waals surface area contributed by atoms with E-state index in [1.807, 2.05) is 0 Å². The first-order chi connectivity index (χ1) is 7.54. The van der Waals surface area contributed by atoms with E-state index in [1.54, 1.807) is 20.2 Å². The molecule has 0 aliphatic heterocycles. The molecular weight excluding hydrogens is 232 g/mol. The highest BCUT2D eigenvalue weighted by molar-refractivity contribution is 8.13. The molecule has 0 N–H and O–H groups in total. The highest BCUT2D eigenvalue weighted by Crippen LogP contribution is 2.04. The molecular formula is C9H16N2O4S. The summed E-state index contributed by atoms with van der Waals surface area (Å²) < 4.78 is 9.18. The van der Waals surface area contributed by atoms with Gasteiger partial charge in [-0.1, -0.05) is 11.8 Å². The zero-order chi connectivity index (χ0) is 12.6. The highest BCUT2D eigenvalue weighted by atomic mass is 32.2. The third-order valence-electron chi connectivity index (χ3n) is 1.56. The van der Waals surface area contributed by atoms with Crippen LogP contribution in [0.2, 0.25) is 0 Å². The van der Waals surface area contributed by atoms with Crippen molar-refractivity contribution in [2.24, 2.45) is 4.99 Å². The molecule has 0 saturated carbocycles. The number of likely N-dealkylation sites (N-methyl/N-ethyl adjacent to an activating group) is 1. The van der Waals surface area contributed by atoms with Crippen LogP contribution >= 0.6 is 11.8 Å². The lowest BCUT2D eigenvalue weighted by Crippen LogP contribution is -2.31. The molecule has 0 heterocycles. The van der Waals surface area contributed by atoms with Gasteiger partial charge in [-0.2, -0.15) is 4.99 Å². The number of carbonyl (C=O) groups excluding carboxylic acids is 2. The number of rotatable bonds is 3. The maximum atomic E-state index is 11.1. The van der Waals surface area contributed by atoms with Crippen molar-refractivity contribution < 1.29 is 19.1 Å². The summed E-state index contributed by atoms with van der Waals surface area (Å²) in [6, 6.07) is 0. The molecule has 0 aromatic rings. The number of hydrogen-bond donors (Lipinski definition) is 0. The summed E-state index contributed by atoms with van der Waals surface area (Å²) in [4.78, 5) is 27.3. The summed E-state index contributed by atoms with van der Waals surface area (Å²) in [7, 11) is 2.95. The number of amides is 1. The second kappa shape index (κ2) is 7.98. The van der Waals surface area contributed by atoms with E-state index in [0.29, 0.717) is 5.17 Å². The molecule has 0 radical (unpaired) electrons. The van der Waals surface area contributed by atoms with Gasteiger partial charge in [0, 0.05) is 7.05 Å². The quantitative estimate of drug-likeness (QED) is 0.421. The van der Waals surface area contributed by atoms with E-state index in [9.17, 15) is 9.59 Å². The third kappa shape index (κ3) is 5.59. The summed E-state index contributed by atoms with van der Waals surface area (Å²) in [5.41, 5.74) is 0. The van der Waals surface area contributed by atoms with Gasteiger partial charge in [0.2, 0.25) is 0 Å². The van der Waals surface area contributed by atoms with Crippen LogP contribution in [0.3, 0.4) is 0 Å². The van der Waals surface area contributed by atoms with E-state index >= 15 is 0 Å². The van der Waals surface area contributed by atoms with Gasteiger partial charge in [0.1, 0.15) is 6.54 Å². The third-order valence-corrected chi connectivity index (χ3v) is 2.33. The van der Waals surface area contributed by atoms with Crippen molar-refractivity contribution >= 4 is 29.0 Å². The molecule has 0 aromatic heterocycles. The number of aliphatic imine (C=N–C) groups is 1. The van der Waals surface area contributed by atoms with Gasteiger partial charge < -0.3 is 14.4 Å². The first-order valence-electron chi connectivity index (χ1n) is 4.62. The molecule has 0 spiro atoms. The van der Waals surface area contributed by atoms with Crippen LogP contribution in [0.5, 0.6) is 0 Å². The van der Waals surface area contributed by atoms with Gasteiger partial charge in [0.05, 0.1) is 13.7 Å². The monoisotopic (exact) mass is 248 g/mol. The Bertz CT molecular complexity index is 281. The molecule has 92 valence electrons. The van der Waals surface area contributed by atoms with E-state index in [4.69, 9.17) is 0 Å². The van der Waals surface area contributed by atoms with Crippen LogP contribution in [0.15, 0.2) is 4.99 Å². The SMILES string of the molecule is CCOC(=O)/N=C(\SC)N(C)CC(=O)OC. The summed E-state index contributed by atoms with van der Waals surface area (Å²) in [5.74, 6) is -0.395. The molecule has 0 aliphatic carbocycles. The lowest BCUT2D eigenvalue weighted by Gasteiger charge is -2.17. The Kier molecular flexibility index (Phi) is 7.36. The molecule has 0 aliphatic rings. The lowest BCUT2D eigenvalue weighted by atomic mass is 10.6. The van der Waals surface area contributed by atoms with Crippen molar-refractivity contribution in [3.63, 3.8) is 0 Å². The minimum Gasteiger partial charge on any atom is -0.468 e. The first kappa shape index (κ1) is 14.8. The summed E-state index contributed by atoms with van der Waals surface area (Å²) in [6.07, 6.45) is 1.09. The smallest absolute Gasteiger partial charge is 0.436 e. The average Bonchev–Trinajstić information content (AvgIpc) is 2.25. The Balaban J connectivity index is 4.46. The fourth-order valence-electron chi connectivity index (χ4n) is 0.847. The van der Waals surface area contributed by atoms with Crippen LogP contribution in [0.1, 0.15) is 6.92 Å². The molecule has 0 unspecified atom stereocenters. The van der Waals surface area contributed by atoms with Crippen LogP contribution in [-0.4, -0.2) is 55.7 Å². The molecule has 16 heavy (non-hydrogen) atoms. The minimum absolute atomic E-state index is 0.0373. The van der Waals surface area contributed by atoms with Crippen molar-refractivity contribution in [2.75, 3.05) is 33.6 Å². The van der Waals surface area contributed by atoms with Gasteiger partial charge in [-0.05, 0) is 13.2 Å². The molecule has 0 fully saturated rings. The van der Waals surface area contributed by atoms with Gasteiger partial charge in [-0.15, -0.1) is 0 Å². The number of carbonyl (C=O) groups is 2. The van der Waals surface area contributed by atoms with Gasteiger partial charge in [0.25, 0.3) is 0 Å². The molecule has 0 atom stereocenters. The largest absolute Gasteiger partial charge is 0.468 e. The predicted molar refractivity (Wildman–Crippen MR) is 62.6 cm³/mol. The van der Waals surface area contributed by atoms with Crippen LogP contribution in [-0.2, 0) is 14.3 Å². The normalized spacial score (nSPS) is 10.9. The van der Waals surface area contributed by atoms with E-state index < -0.39 is 12.1 Å². The molecule has 0 aromatic carbocycles. The molecule has 0 bridgehead atoms. The number of esters is 1. The lowest BCUT2D eigenvalue weighted by molar-refractivity contribution is -0.140. The zero-order valence-electron chi connectivity index (χ0n) is 9.85. The number of amidine groups is 1. The maximum absolute atomic E-state index is 11.1. The summed E-state index contributed by atoms with van der Waals surface area (Å²) in [6.45, 7) is 2.00. The molecule has 6 nitrogen and oxygen atoms in total. The minimum atomic E-state index is -0.663. The number of ether oxygens (including phenoxy) is 2. The molecule has 1 amide bonds. The van der Waals surface area contributed by atoms with Gasteiger partial charge in [-0.3, -0.25) is 4.79 Å². The predicted octanol–water partition coefficient (Wildman–Crippen LogP) is 0.967. The van der Waals surface area contributed by atoms with Crippen LogP contribution in [0.25, 0.3) is 0 Å². The second-order valence-corrected chi connectivity index (χ2v) is 3.50. The van der Waals surface area contributed by atoms with Crippen molar-refractivity contribution in [2.45, 2.75) is 6.92 Å². The van der Waals surface area contributed by atoms with Crippen LogP contribution in [0.4, 0.5) is 4.79 Å². The maximum Gasteiger partial charge on any atom is 0.436 e. The Morgan fingerprint density at radius 3 is 2.50 bits per heavy atom. The Hall–Kier alpha value is -1.24. The highest BCUT2D eigenvalue weighted by Gasteiger charge is 2.12. The van der Waals surface area contributed by atoms with Crippen molar-refractivity contribution in [1.82, 2.24) is 4.90 Å². The summed E-state index contributed by atoms with van der Waals surface area (Å²) in [5, 5.41) is 0.406. The molecule has 0 rings (SSSR count). The van der Waals surface area contributed by atoms with Gasteiger partial charge in [0.15, 0.2) is 5.17 Å². The molecule has 7 heteroatoms. The summed E-state index contributed by atoms with van der Waals surface area (Å²) >= 11 is 1.25. The Labute approximate surface area is 99.0 Å². The zero-order valence-corrected chi connectivity index (χ0v) is 10.7. The van der Waals surface area contributed by atoms with Crippen LogP contribution < -0.4 is 0 Å². The fraction of sp³-hybridized carbons (Fsp3) is 0.667. The van der Waals surface area contributed by atoms with E-state index in [2.05, 4.69) is 14.5 Å². The Morgan fingerprint density at radius 1 is 1.44 bits per heavy atom. The van der Waals surface area contributed by atoms with Crippen molar-refractivity contribution in [1.29, 1.82) is 0 Å². The fourth-order valence-corrected chi connectivity index (χ4v) is 1.39. The Morgan fingerprint density at radius 2 is 2.06 bits per heavy atom. The number of nitrogens with zero attached hydrogens (tertiary/aromatic N) is 2. The second-order valence-electron chi connectivity index (χ2n) is 2.73. The van der Waals surface area contributed by atoms with Crippen molar-refractivity contribution in [3.8, 4) is 0 Å². The number of hydrogen-bond acceptors (Lipinski definition) is 5. The molecule has 0 saturated heterocycles.